The van der Waals surface area contributed by atoms with E-state index in [0.717, 1.165) is 15.4 Å². The molecule has 1 aromatic heterocycles. The van der Waals surface area contributed by atoms with Crippen LogP contribution in [0.15, 0.2) is 24.3 Å². The van der Waals surface area contributed by atoms with Gasteiger partial charge in [0.05, 0.1) is 0 Å². The largest absolute Gasteiger partial charge is 0.476 e. The second-order valence-corrected chi connectivity index (χ2v) is 4.98. The molecule has 3 nitrogen and oxygen atoms in total. The van der Waals surface area contributed by atoms with Crippen molar-refractivity contribution in [2.75, 3.05) is 0 Å². The smallest absolute Gasteiger partial charge is 0.355 e. The molecule has 0 radical (unpaired) electrons. The van der Waals surface area contributed by atoms with Gasteiger partial charge in [0.2, 0.25) is 0 Å². The summed E-state index contributed by atoms with van der Waals surface area (Å²) in [6.07, 6.45) is 0.674. The summed E-state index contributed by atoms with van der Waals surface area (Å²) in [6, 6.07) is 7.22. The molecule has 17 heavy (non-hydrogen) atoms. The van der Waals surface area contributed by atoms with Gasteiger partial charge in [0.1, 0.15) is 5.01 Å². The van der Waals surface area contributed by atoms with Crippen LogP contribution in [0, 0.1) is 0 Å². The fourth-order valence-corrected chi connectivity index (χ4v) is 2.60. The maximum Gasteiger partial charge on any atom is 0.355 e. The van der Waals surface area contributed by atoms with Crippen LogP contribution in [0.4, 0.5) is 0 Å². The lowest BCUT2D eigenvalue weighted by Crippen LogP contribution is -1.99. The predicted molar refractivity (Wildman–Crippen MR) is 68.9 cm³/mol. The third kappa shape index (κ3) is 2.48. The lowest BCUT2D eigenvalue weighted by molar-refractivity contribution is 0.0690. The minimum Gasteiger partial charge on any atom is -0.476 e. The summed E-state index contributed by atoms with van der Waals surface area (Å²) in [5, 5.41) is 10.4. The quantitative estimate of drug-likeness (QED) is 0.922. The number of carboxylic acids is 1. The fraction of sp³-hybridized carbons (Fsp3) is 0.167. The molecule has 0 aliphatic rings. The van der Waals surface area contributed by atoms with Gasteiger partial charge in [0.15, 0.2) is 5.69 Å². The molecule has 0 saturated carbocycles. The Kier molecular flexibility index (Phi) is 3.45. The molecule has 0 fully saturated rings. The Morgan fingerprint density at radius 1 is 1.41 bits per heavy atom. The summed E-state index contributed by atoms with van der Waals surface area (Å²) in [6.45, 7) is 1.92. The van der Waals surface area contributed by atoms with Crippen molar-refractivity contribution in [3.05, 3.63) is 39.9 Å². The van der Waals surface area contributed by atoms with E-state index in [0.29, 0.717) is 11.4 Å². The van der Waals surface area contributed by atoms with E-state index in [4.69, 9.17) is 16.7 Å². The van der Waals surface area contributed by atoms with E-state index < -0.39 is 5.97 Å². The lowest BCUT2D eigenvalue weighted by atomic mass is 10.2. The summed E-state index contributed by atoms with van der Waals surface area (Å²) in [5.74, 6) is -0.974. The first kappa shape index (κ1) is 12.1. The van der Waals surface area contributed by atoms with E-state index in [-0.39, 0.29) is 5.69 Å². The first-order chi connectivity index (χ1) is 8.11. The van der Waals surface area contributed by atoms with Crippen LogP contribution < -0.4 is 0 Å². The van der Waals surface area contributed by atoms with Crippen molar-refractivity contribution in [3.8, 4) is 10.6 Å². The van der Waals surface area contributed by atoms with Gasteiger partial charge in [-0.3, -0.25) is 0 Å². The number of nitrogens with zero attached hydrogens (tertiary/aromatic N) is 1. The van der Waals surface area contributed by atoms with Crippen molar-refractivity contribution in [3.63, 3.8) is 0 Å². The molecule has 0 aliphatic heterocycles. The topological polar surface area (TPSA) is 50.2 Å². The number of carboxylic acid groups (broad SMARTS) is 1. The number of benzene rings is 1. The zero-order valence-electron chi connectivity index (χ0n) is 9.11. The normalized spacial score (nSPS) is 10.5. The molecule has 0 unspecified atom stereocenters. The average Bonchev–Trinajstić information content (AvgIpc) is 2.74. The maximum absolute atomic E-state index is 11.0. The standard InChI is InChI=1S/C12H10ClNO2S/c1-2-9-10(12(15)16)14-11(17-9)7-3-5-8(13)6-4-7/h3-6H,2H2,1H3,(H,15,16). The van der Waals surface area contributed by atoms with Crippen LogP contribution in [-0.4, -0.2) is 16.1 Å². The van der Waals surface area contributed by atoms with Crippen molar-refractivity contribution >= 4 is 28.9 Å². The molecule has 0 atom stereocenters. The minimum absolute atomic E-state index is 0.155. The van der Waals surface area contributed by atoms with E-state index in [1.807, 2.05) is 19.1 Å². The van der Waals surface area contributed by atoms with Crippen molar-refractivity contribution in [1.82, 2.24) is 4.98 Å². The van der Waals surface area contributed by atoms with Gasteiger partial charge in [-0.2, -0.15) is 0 Å². The molecule has 0 amide bonds. The van der Waals surface area contributed by atoms with Crippen LogP contribution >= 0.6 is 22.9 Å². The third-order valence-corrected chi connectivity index (χ3v) is 3.81. The molecule has 0 saturated heterocycles. The summed E-state index contributed by atoms with van der Waals surface area (Å²) >= 11 is 7.21. The molecular formula is C12H10ClNO2S. The van der Waals surface area contributed by atoms with Gasteiger partial charge in [-0.15, -0.1) is 11.3 Å². The maximum atomic E-state index is 11.0. The molecule has 1 N–H and O–H groups in total. The first-order valence-corrected chi connectivity index (χ1v) is 6.30. The number of rotatable bonds is 3. The first-order valence-electron chi connectivity index (χ1n) is 5.10. The van der Waals surface area contributed by atoms with Crippen LogP contribution in [-0.2, 0) is 6.42 Å². The number of hydrogen-bond acceptors (Lipinski definition) is 3. The SMILES string of the molecule is CCc1sc(-c2ccc(Cl)cc2)nc1C(=O)O. The third-order valence-electron chi connectivity index (χ3n) is 2.31. The summed E-state index contributed by atoms with van der Waals surface area (Å²) in [4.78, 5) is 16.0. The average molecular weight is 268 g/mol. The second kappa shape index (κ2) is 4.85. The van der Waals surface area contributed by atoms with Crippen LogP contribution in [0.3, 0.4) is 0 Å². The molecule has 1 aromatic carbocycles. The number of aryl methyl sites for hydroxylation is 1. The fourth-order valence-electron chi connectivity index (χ4n) is 1.47. The van der Waals surface area contributed by atoms with Crippen LogP contribution in [0.5, 0.6) is 0 Å². The number of aromatic carboxylic acids is 1. The van der Waals surface area contributed by atoms with Gasteiger partial charge >= 0.3 is 5.97 Å². The Morgan fingerprint density at radius 3 is 2.53 bits per heavy atom. The van der Waals surface area contributed by atoms with E-state index in [1.54, 1.807) is 12.1 Å². The highest BCUT2D eigenvalue weighted by Crippen LogP contribution is 2.29. The number of thiazole rings is 1. The van der Waals surface area contributed by atoms with Gasteiger partial charge in [0.25, 0.3) is 0 Å². The van der Waals surface area contributed by atoms with E-state index in [2.05, 4.69) is 4.98 Å². The Labute approximate surface area is 108 Å². The van der Waals surface area contributed by atoms with Crippen molar-refractivity contribution in [2.45, 2.75) is 13.3 Å². The molecule has 2 rings (SSSR count). The highest BCUT2D eigenvalue weighted by atomic mass is 35.5. The van der Waals surface area contributed by atoms with E-state index in [1.165, 1.54) is 11.3 Å². The van der Waals surface area contributed by atoms with Crippen molar-refractivity contribution < 1.29 is 9.90 Å². The minimum atomic E-state index is -0.974. The van der Waals surface area contributed by atoms with Gasteiger partial charge < -0.3 is 5.11 Å². The van der Waals surface area contributed by atoms with Crippen LogP contribution in [0.2, 0.25) is 5.02 Å². The summed E-state index contributed by atoms with van der Waals surface area (Å²) in [7, 11) is 0. The molecule has 0 bridgehead atoms. The lowest BCUT2D eigenvalue weighted by Gasteiger charge is -1.95. The monoisotopic (exact) mass is 267 g/mol. The number of aromatic nitrogens is 1. The van der Waals surface area contributed by atoms with Crippen molar-refractivity contribution in [2.24, 2.45) is 0 Å². The molecule has 5 heteroatoms. The number of halogens is 1. The second-order valence-electron chi connectivity index (χ2n) is 3.46. The van der Waals surface area contributed by atoms with Gasteiger partial charge in [-0.1, -0.05) is 30.7 Å². The predicted octanol–water partition coefficient (Wildman–Crippen LogP) is 3.72. The Bertz CT molecular complexity index is 548. The van der Waals surface area contributed by atoms with Gasteiger partial charge in [-0.05, 0) is 18.6 Å². The molecule has 1 heterocycles. The van der Waals surface area contributed by atoms with Gasteiger partial charge in [0, 0.05) is 15.5 Å². The van der Waals surface area contributed by atoms with Crippen molar-refractivity contribution in [1.29, 1.82) is 0 Å². The summed E-state index contributed by atoms with van der Waals surface area (Å²) in [5.41, 5.74) is 1.05. The number of carbonyl (C=O) groups is 1. The highest BCUT2D eigenvalue weighted by Gasteiger charge is 2.16. The summed E-state index contributed by atoms with van der Waals surface area (Å²) < 4.78 is 0. The molecule has 0 aliphatic carbocycles. The Morgan fingerprint density at radius 2 is 2.06 bits per heavy atom. The molecule has 88 valence electrons. The van der Waals surface area contributed by atoms with E-state index >= 15 is 0 Å². The van der Waals surface area contributed by atoms with E-state index in [9.17, 15) is 4.79 Å². The molecular weight excluding hydrogens is 258 g/mol. The van der Waals surface area contributed by atoms with Crippen LogP contribution in [0.1, 0.15) is 22.3 Å². The number of hydrogen-bond donors (Lipinski definition) is 1. The molecule has 0 spiro atoms. The highest BCUT2D eigenvalue weighted by molar-refractivity contribution is 7.15. The van der Waals surface area contributed by atoms with Crippen LogP contribution in [0.25, 0.3) is 10.6 Å². The van der Waals surface area contributed by atoms with Gasteiger partial charge in [-0.25, -0.2) is 9.78 Å². The zero-order chi connectivity index (χ0) is 12.4. The Hall–Kier alpha value is -1.39. The molecule has 2 aromatic rings. The zero-order valence-corrected chi connectivity index (χ0v) is 10.7. The Balaban J connectivity index is 2.46.